The molecule has 4 bridgehead atoms. The molecule has 4 aliphatic rings. The van der Waals surface area contributed by atoms with E-state index in [-0.39, 0.29) is 29.5 Å². The number of carbonyl (C=O) groups is 1. The van der Waals surface area contributed by atoms with Crippen LogP contribution in [0.1, 0.15) is 25.3 Å². The Hall–Kier alpha value is -1.19. The lowest BCUT2D eigenvalue weighted by molar-refractivity contribution is -0.146. The average molecular weight is 272 g/mol. The molecular weight excluding hydrogens is 252 g/mol. The number of Topliss-reactive ketones (excluding diaryl/α,β-unsaturated/α-hetero) is 1. The van der Waals surface area contributed by atoms with Gasteiger partial charge < -0.3 is 9.84 Å². The molecule has 0 unspecified atom stereocenters. The van der Waals surface area contributed by atoms with Crippen LogP contribution < -0.4 is 0 Å². The highest BCUT2D eigenvalue weighted by atomic mass is 16.5. The predicted molar refractivity (Wildman–Crippen MR) is 74.2 cm³/mol. The second kappa shape index (κ2) is 3.52. The Morgan fingerprint density at radius 1 is 1.25 bits per heavy atom. The van der Waals surface area contributed by atoms with Crippen molar-refractivity contribution >= 4 is 5.78 Å². The standard InChI is InChI=1S/C17H20O3/c1-9-11(10-7-5-4-6-8-10)13-15(18)17(20-3)12(9)14(17)16(13,2)19/h4-9,11-14,19H,1-3H3/t9-,11+,12-,13+,14+,16+,17+/m0/s1. The third-order valence-electron chi connectivity index (χ3n) is 6.15. The number of fused-ring (bicyclic) bond motifs is 1. The largest absolute Gasteiger partial charge is 0.389 e. The summed E-state index contributed by atoms with van der Waals surface area (Å²) in [6, 6.07) is 10.1. The molecule has 3 nitrogen and oxygen atoms in total. The molecule has 0 heterocycles. The van der Waals surface area contributed by atoms with E-state index in [0.29, 0.717) is 5.92 Å². The molecule has 1 N–H and O–H groups in total. The van der Waals surface area contributed by atoms with E-state index in [0.717, 1.165) is 5.56 Å². The number of ketones is 1. The van der Waals surface area contributed by atoms with E-state index in [1.165, 1.54) is 0 Å². The molecule has 106 valence electrons. The summed E-state index contributed by atoms with van der Waals surface area (Å²) < 4.78 is 5.60. The van der Waals surface area contributed by atoms with Crippen molar-refractivity contribution in [3.63, 3.8) is 0 Å². The first-order chi connectivity index (χ1) is 9.48. The van der Waals surface area contributed by atoms with Gasteiger partial charge in [0.1, 0.15) is 5.60 Å². The fourth-order valence-electron chi connectivity index (χ4n) is 5.49. The third kappa shape index (κ3) is 1.10. The van der Waals surface area contributed by atoms with Gasteiger partial charge in [0.05, 0.1) is 11.5 Å². The number of ether oxygens (including phenoxy) is 1. The van der Waals surface area contributed by atoms with E-state index in [2.05, 4.69) is 19.1 Å². The monoisotopic (exact) mass is 272 g/mol. The van der Waals surface area contributed by atoms with Crippen molar-refractivity contribution in [3.8, 4) is 0 Å². The smallest absolute Gasteiger partial charge is 0.171 e. The van der Waals surface area contributed by atoms with Crippen LogP contribution in [0.3, 0.4) is 0 Å². The second-order valence-corrected chi connectivity index (χ2v) is 6.86. The lowest BCUT2D eigenvalue weighted by atomic mass is 9.61. The number of methoxy groups -OCH3 is 1. The Balaban J connectivity index is 1.84. The molecule has 5 rings (SSSR count). The highest BCUT2D eigenvalue weighted by molar-refractivity contribution is 6.00. The SMILES string of the molecule is CO[C@]12C(=O)[C@H]3[C@@H](c4ccccc4)[C@H](C)[C@H]1[C@@H]2[C@]3(C)O. The quantitative estimate of drug-likeness (QED) is 0.895. The molecular formula is C17H20O3. The maximum atomic E-state index is 12.8. The van der Waals surface area contributed by atoms with Crippen molar-refractivity contribution in [1.29, 1.82) is 0 Å². The molecule has 1 aromatic carbocycles. The molecule has 7 atom stereocenters. The van der Waals surface area contributed by atoms with Crippen LogP contribution in [0.15, 0.2) is 30.3 Å². The second-order valence-electron chi connectivity index (χ2n) is 6.86. The highest BCUT2D eigenvalue weighted by Crippen LogP contribution is 2.77. The zero-order valence-electron chi connectivity index (χ0n) is 12.0. The van der Waals surface area contributed by atoms with Crippen molar-refractivity contribution in [1.82, 2.24) is 0 Å². The van der Waals surface area contributed by atoms with Crippen molar-refractivity contribution in [3.05, 3.63) is 35.9 Å². The Kier molecular flexibility index (Phi) is 2.21. The summed E-state index contributed by atoms with van der Waals surface area (Å²) in [6.45, 7) is 4.02. The van der Waals surface area contributed by atoms with Gasteiger partial charge in [0, 0.05) is 18.9 Å². The van der Waals surface area contributed by atoms with Crippen LogP contribution in [0.5, 0.6) is 0 Å². The van der Waals surface area contributed by atoms with E-state index >= 15 is 0 Å². The number of carbonyl (C=O) groups excluding carboxylic acids is 1. The molecule has 1 aromatic rings. The third-order valence-corrected chi connectivity index (χ3v) is 6.15. The molecule has 4 aliphatic carbocycles. The van der Waals surface area contributed by atoms with Crippen LogP contribution in [0, 0.1) is 23.7 Å². The molecule has 0 amide bonds. The predicted octanol–water partition coefficient (Wildman–Crippen LogP) is 2.00. The molecule has 4 saturated carbocycles. The average Bonchev–Trinajstić information content (AvgIpc) is 3.11. The van der Waals surface area contributed by atoms with E-state index in [1.807, 2.05) is 25.1 Å². The van der Waals surface area contributed by atoms with Gasteiger partial charge in [-0.1, -0.05) is 37.3 Å². The van der Waals surface area contributed by atoms with Crippen molar-refractivity contribution < 1.29 is 14.6 Å². The Morgan fingerprint density at radius 2 is 1.90 bits per heavy atom. The topological polar surface area (TPSA) is 46.5 Å². The minimum absolute atomic E-state index is 0.0209. The van der Waals surface area contributed by atoms with Crippen LogP contribution in [-0.4, -0.2) is 29.2 Å². The maximum absolute atomic E-state index is 12.8. The van der Waals surface area contributed by atoms with Crippen molar-refractivity contribution in [2.75, 3.05) is 7.11 Å². The number of benzene rings is 1. The lowest BCUT2D eigenvalue weighted by Gasteiger charge is -2.44. The fraction of sp³-hybridized carbons (Fsp3) is 0.588. The minimum Gasteiger partial charge on any atom is -0.389 e. The van der Waals surface area contributed by atoms with Gasteiger partial charge in [0.25, 0.3) is 0 Å². The summed E-state index contributed by atoms with van der Waals surface area (Å²) in [7, 11) is 1.61. The number of aliphatic hydroxyl groups is 1. The normalized spacial score (nSPS) is 52.2. The van der Waals surface area contributed by atoms with E-state index in [1.54, 1.807) is 7.11 Å². The molecule has 3 heteroatoms. The van der Waals surface area contributed by atoms with Crippen LogP contribution >= 0.6 is 0 Å². The van der Waals surface area contributed by atoms with Crippen molar-refractivity contribution in [2.45, 2.75) is 31.0 Å². The summed E-state index contributed by atoms with van der Waals surface area (Å²) in [5, 5.41) is 10.9. The van der Waals surface area contributed by atoms with Gasteiger partial charge in [-0.3, -0.25) is 4.79 Å². The summed E-state index contributed by atoms with van der Waals surface area (Å²) in [4.78, 5) is 12.8. The number of hydrogen-bond acceptors (Lipinski definition) is 3. The minimum atomic E-state index is -0.940. The first kappa shape index (κ1) is 12.5. The van der Waals surface area contributed by atoms with Gasteiger partial charge in [-0.15, -0.1) is 0 Å². The maximum Gasteiger partial charge on any atom is 0.171 e. The molecule has 4 fully saturated rings. The first-order valence-electron chi connectivity index (χ1n) is 7.34. The van der Waals surface area contributed by atoms with Crippen LogP contribution in [0.4, 0.5) is 0 Å². The van der Waals surface area contributed by atoms with Gasteiger partial charge >= 0.3 is 0 Å². The Bertz CT molecular complexity index is 579. The fourth-order valence-corrected chi connectivity index (χ4v) is 5.49. The van der Waals surface area contributed by atoms with E-state index in [4.69, 9.17) is 4.74 Å². The zero-order valence-corrected chi connectivity index (χ0v) is 12.0. The van der Waals surface area contributed by atoms with Crippen LogP contribution in [0.25, 0.3) is 0 Å². The van der Waals surface area contributed by atoms with Gasteiger partial charge in [-0.05, 0) is 24.3 Å². The summed E-state index contributed by atoms with van der Waals surface area (Å²) >= 11 is 0. The van der Waals surface area contributed by atoms with Crippen molar-refractivity contribution in [2.24, 2.45) is 23.7 Å². The van der Waals surface area contributed by atoms with E-state index < -0.39 is 11.2 Å². The van der Waals surface area contributed by atoms with E-state index in [9.17, 15) is 9.90 Å². The molecule has 20 heavy (non-hydrogen) atoms. The van der Waals surface area contributed by atoms with Crippen LogP contribution in [-0.2, 0) is 9.53 Å². The Labute approximate surface area is 118 Å². The molecule has 0 aromatic heterocycles. The number of rotatable bonds is 2. The summed E-state index contributed by atoms with van der Waals surface area (Å²) in [6.07, 6.45) is 0. The zero-order chi connectivity index (χ0) is 14.3. The first-order valence-corrected chi connectivity index (χ1v) is 7.34. The summed E-state index contributed by atoms with van der Waals surface area (Å²) in [5.74, 6) is 0.385. The van der Waals surface area contributed by atoms with Gasteiger partial charge in [-0.2, -0.15) is 0 Å². The number of hydrogen-bond donors (Lipinski definition) is 1. The van der Waals surface area contributed by atoms with Gasteiger partial charge in [0.2, 0.25) is 0 Å². The molecule has 0 radical (unpaired) electrons. The lowest BCUT2D eigenvalue weighted by Crippen LogP contribution is -2.51. The molecule has 0 spiro atoms. The van der Waals surface area contributed by atoms with Gasteiger partial charge in [0.15, 0.2) is 5.78 Å². The molecule has 0 aliphatic heterocycles. The Morgan fingerprint density at radius 3 is 2.45 bits per heavy atom. The summed E-state index contributed by atoms with van der Waals surface area (Å²) in [5.41, 5.74) is -0.474. The van der Waals surface area contributed by atoms with Crippen LogP contribution in [0.2, 0.25) is 0 Å². The highest BCUT2D eigenvalue weighted by Gasteiger charge is 2.88. The molecule has 0 saturated heterocycles. The van der Waals surface area contributed by atoms with Gasteiger partial charge in [-0.25, -0.2) is 0 Å².